The number of benzene rings is 1. The van der Waals surface area contributed by atoms with Crippen molar-refractivity contribution in [2.45, 2.75) is 13.0 Å². The SMILES string of the molecule is O=C1CC(CO)CN1Cc1ccc2c(c1)OCCO2. The van der Waals surface area contributed by atoms with E-state index in [4.69, 9.17) is 14.6 Å². The number of rotatable bonds is 3. The zero-order chi connectivity index (χ0) is 13.2. The van der Waals surface area contributed by atoms with Gasteiger partial charge in [-0.3, -0.25) is 4.79 Å². The first-order valence-electron chi connectivity index (χ1n) is 6.53. The lowest BCUT2D eigenvalue weighted by Crippen LogP contribution is -2.25. The quantitative estimate of drug-likeness (QED) is 0.876. The van der Waals surface area contributed by atoms with E-state index in [0.717, 1.165) is 17.1 Å². The zero-order valence-electron chi connectivity index (χ0n) is 10.7. The summed E-state index contributed by atoms with van der Waals surface area (Å²) < 4.78 is 11.0. The van der Waals surface area contributed by atoms with Gasteiger partial charge in [-0.2, -0.15) is 0 Å². The number of carbonyl (C=O) groups is 1. The van der Waals surface area contributed by atoms with Crippen LogP contribution in [0.2, 0.25) is 0 Å². The molecular weight excluding hydrogens is 246 g/mol. The highest BCUT2D eigenvalue weighted by Crippen LogP contribution is 2.31. The molecule has 1 unspecified atom stereocenters. The third kappa shape index (κ3) is 2.51. The molecule has 1 saturated heterocycles. The van der Waals surface area contributed by atoms with Crippen LogP contribution in [0.1, 0.15) is 12.0 Å². The van der Waals surface area contributed by atoms with Crippen LogP contribution in [0.4, 0.5) is 0 Å². The highest BCUT2D eigenvalue weighted by atomic mass is 16.6. The first-order chi connectivity index (χ1) is 9.26. The van der Waals surface area contributed by atoms with E-state index in [9.17, 15) is 4.79 Å². The van der Waals surface area contributed by atoms with E-state index in [2.05, 4.69) is 0 Å². The largest absolute Gasteiger partial charge is 0.486 e. The molecule has 1 N–H and O–H groups in total. The minimum atomic E-state index is 0.0728. The Balaban J connectivity index is 1.71. The number of aliphatic hydroxyl groups is 1. The lowest BCUT2D eigenvalue weighted by molar-refractivity contribution is -0.128. The summed E-state index contributed by atoms with van der Waals surface area (Å²) in [5, 5.41) is 9.11. The first-order valence-corrected chi connectivity index (χ1v) is 6.53. The summed E-state index contributed by atoms with van der Waals surface area (Å²) in [6.45, 7) is 2.40. The van der Waals surface area contributed by atoms with Crippen molar-refractivity contribution >= 4 is 5.91 Å². The molecule has 3 rings (SSSR count). The molecular formula is C14H17NO4. The van der Waals surface area contributed by atoms with Crippen LogP contribution in [0.25, 0.3) is 0 Å². The summed E-state index contributed by atoms with van der Waals surface area (Å²) in [4.78, 5) is 13.6. The summed E-state index contributed by atoms with van der Waals surface area (Å²) in [7, 11) is 0. The first kappa shape index (κ1) is 12.3. The molecule has 19 heavy (non-hydrogen) atoms. The number of nitrogens with zero attached hydrogens (tertiary/aromatic N) is 1. The average Bonchev–Trinajstić information content (AvgIpc) is 2.79. The Labute approximate surface area is 111 Å². The Morgan fingerprint density at radius 2 is 2.05 bits per heavy atom. The fourth-order valence-corrected chi connectivity index (χ4v) is 2.54. The normalized spacial score (nSPS) is 21.8. The Hall–Kier alpha value is -1.75. The topological polar surface area (TPSA) is 59.0 Å². The molecule has 1 atom stereocenters. The number of hydrogen-bond donors (Lipinski definition) is 1. The Bertz CT molecular complexity index is 488. The Morgan fingerprint density at radius 1 is 1.26 bits per heavy atom. The van der Waals surface area contributed by atoms with Gasteiger partial charge in [0.05, 0.1) is 0 Å². The molecule has 1 amide bonds. The smallest absolute Gasteiger partial charge is 0.223 e. The molecule has 5 heteroatoms. The second kappa shape index (κ2) is 5.09. The van der Waals surface area contributed by atoms with Gasteiger partial charge >= 0.3 is 0 Å². The van der Waals surface area contributed by atoms with Gasteiger partial charge in [0, 0.05) is 32.0 Å². The van der Waals surface area contributed by atoms with Crippen LogP contribution < -0.4 is 9.47 Å². The molecule has 0 aromatic heterocycles. The van der Waals surface area contributed by atoms with Gasteiger partial charge in [0.1, 0.15) is 13.2 Å². The monoisotopic (exact) mass is 263 g/mol. The molecule has 102 valence electrons. The van der Waals surface area contributed by atoms with Crippen molar-refractivity contribution in [3.63, 3.8) is 0 Å². The number of amides is 1. The maximum Gasteiger partial charge on any atom is 0.223 e. The van der Waals surface area contributed by atoms with Gasteiger partial charge in [0.2, 0.25) is 5.91 Å². The molecule has 1 aromatic carbocycles. The van der Waals surface area contributed by atoms with Crippen molar-refractivity contribution in [3.05, 3.63) is 23.8 Å². The summed E-state index contributed by atoms with van der Waals surface area (Å²) in [6, 6.07) is 5.76. The van der Waals surface area contributed by atoms with Gasteiger partial charge in [-0.25, -0.2) is 0 Å². The van der Waals surface area contributed by atoms with Crippen molar-refractivity contribution in [1.29, 1.82) is 0 Å². The molecule has 0 spiro atoms. The number of ether oxygens (including phenoxy) is 2. The molecule has 0 aliphatic carbocycles. The molecule has 1 aromatic rings. The van der Waals surface area contributed by atoms with E-state index < -0.39 is 0 Å². The van der Waals surface area contributed by atoms with Gasteiger partial charge in [-0.1, -0.05) is 6.07 Å². The summed E-state index contributed by atoms with van der Waals surface area (Å²) in [6.07, 6.45) is 0.445. The molecule has 2 aliphatic heterocycles. The van der Waals surface area contributed by atoms with Gasteiger partial charge in [0.15, 0.2) is 11.5 Å². The molecule has 2 heterocycles. The van der Waals surface area contributed by atoms with E-state index in [-0.39, 0.29) is 18.4 Å². The van der Waals surface area contributed by atoms with Crippen LogP contribution in [0.5, 0.6) is 11.5 Å². The lowest BCUT2D eigenvalue weighted by atomic mass is 10.1. The van der Waals surface area contributed by atoms with Crippen LogP contribution in [-0.4, -0.2) is 42.3 Å². The molecule has 5 nitrogen and oxygen atoms in total. The molecule has 0 radical (unpaired) electrons. The van der Waals surface area contributed by atoms with Gasteiger partial charge in [0.25, 0.3) is 0 Å². The van der Waals surface area contributed by atoms with Crippen molar-refractivity contribution in [2.24, 2.45) is 5.92 Å². The van der Waals surface area contributed by atoms with Crippen molar-refractivity contribution in [1.82, 2.24) is 4.90 Å². The number of carbonyl (C=O) groups excluding carboxylic acids is 1. The van der Waals surface area contributed by atoms with Gasteiger partial charge in [-0.15, -0.1) is 0 Å². The van der Waals surface area contributed by atoms with Crippen LogP contribution in [-0.2, 0) is 11.3 Å². The molecule has 0 saturated carbocycles. The zero-order valence-corrected chi connectivity index (χ0v) is 10.7. The van der Waals surface area contributed by atoms with E-state index >= 15 is 0 Å². The summed E-state index contributed by atoms with van der Waals surface area (Å²) >= 11 is 0. The molecule has 1 fully saturated rings. The fourth-order valence-electron chi connectivity index (χ4n) is 2.54. The predicted molar refractivity (Wildman–Crippen MR) is 68.0 cm³/mol. The number of fused-ring (bicyclic) bond motifs is 1. The lowest BCUT2D eigenvalue weighted by Gasteiger charge is -2.21. The highest BCUT2D eigenvalue weighted by Gasteiger charge is 2.29. The van der Waals surface area contributed by atoms with Crippen molar-refractivity contribution < 1.29 is 19.4 Å². The third-order valence-electron chi connectivity index (χ3n) is 3.53. The Morgan fingerprint density at radius 3 is 2.79 bits per heavy atom. The van der Waals surface area contributed by atoms with Crippen LogP contribution >= 0.6 is 0 Å². The summed E-state index contributed by atoms with van der Waals surface area (Å²) in [5.74, 6) is 1.68. The maximum atomic E-state index is 11.8. The number of hydrogen-bond acceptors (Lipinski definition) is 4. The van der Waals surface area contributed by atoms with Crippen LogP contribution in [0, 0.1) is 5.92 Å². The van der Waals surface area contributed by atoms with E-state index in [1.807, 2.05) is 18.2 Å². The number of likely N-dealkylation sites (tertiary alicyclic amines) is 1. The average molecular weight is 263 g/mol. The van der Waals surface area contributed by atoms with Crippen LogP contribution in [0.15, 0.2) is 18.2 Å². The third-order valence-corrected chi connectivity index (χ3v) is 3.53. The summed E-state index contributed by atoms with van der Waals surface area (Å²) in [5.41, 5.74) is 1.02. The molecule has 0 bridgehead atoms. The Kier molecular flexibility index (Phi) is 3.29. The fraction of sp³-hybridized carbons (Fsp3) is 0.500. The number of aliphatic hydroxyl groups excluding tert-OH is 1. The van der Waals surface area contributed by atoms with Crippen molar-refractivity contribution in [2.75, 3.05) is 26.4 Å². The minimum Gasteiger partial charge on any atom is -0.486 e. The molecule has 2 aliphatic rings. The standard InChI is InChI=1S/C14H17NO4/c16-9-11-6-14(17)15(8-11)7-10-1-2-12-13(5-10)19-4-3-18-12/h1-2,5,11,16H,3-4,6-9H2. The minimum absolute atomic E-state index is 0.0728. The van der Waals surface area contributed by atoms with Crippen LogP contribution in [0.3, 0.4) is 0 Å². The second-order valence-electron chi connectivity index (χ2n) is 5.00. The van der Waals surface area contributed by atoms with E-state index in [1.54, 1.807) is 4.90 Å². The highest BCUT2D eigenvalue weighted by molar-refractivity contribution is 5.78. The van der Waals surface area contributed by atoms with E-state index in [0.29, 0.717) is 32.7 Å². The van der Waals surface area contributed by atoms with Crippen molar-refractivity contribution in [3.8, 4) is 11.5 Å². The van der Waals surface area contributed by atoms with Gasteiger partial charge in [-0.05, 0) is 17.7 Å². The second-order valence-corrected chi connectivity index (χ2v) is 5.00. The van der Waals surface area contributed by atoms with Gasteiger partial charge < -0.3 is 19.5 Å². The van der Waals surface area contributed by atoms with E-state index in [1.165, 1.54) is 0 Å². The predicted octanol–water partition coefficient (Wildman–Crippen LogP) is 0.799. The maximum absolute atomic E-state index is 11.8.